The van der Waals surface area contributed by atoms with Crippen LogP contribution in [0.15, 0.2) is 60.7 Å². The SMILES string of the molecule is CC[C@H](OC[C@@H](O)CN[C@H](C)c1ccccc1)c1ccccc1. The van der Waals surface area contributed by atoms with Gasteiger partial charge in [-0.25, -0.2) is 0 Å². The molecule has 2 aromatic carbocycles. The van der Waals surface area contributed by atoms with Crippen molar-refractivity contribution in [3.63, 3.8) is 0 Å². The van der Waals surface area contributed by atoms with E-state index in [0.29, 0.717) is 13.2 Å². The number of ether oxygens (including phenoxy) is 1. The molecule has 2 rings (SSSR count). The van der Waals surface area contributed by atoms with E-state index in [0.717, 1.165) is 12.0 Å². The molecule has 0 aliphatic heterocycles. The zero-order valence-corrected chi connectivity index (χ0v) is 14.0. The number of nitrogens with one attached hydrogen (secondary N) is 1. The molecule has 0 unspecified atom stereocenters. The summed E-state index contributed by atoms with van der Waals surface area (Å²) in [7, 11) is 0. The highest BCUT2D eigenvalue weighted by Gasteiger charge is 2.13. The van der Waals surface area contributed by atoms with Crippen molar-refractivity contribution in [2.24, 2.45) is 0 Å². The summed E-state index contributed by atoms with van der Waals surface area (Å²) in [4.78, 5) is 0. The zero-order valence-electron chi connectivity index (χ0n) is 14.0. The first kappa shape index (κ1) is 17.7. The fraction of sp³-hybridized carbons (Fsp3) is 0.400. The molecule has 0 aliphatic carbocycles. The van der Waals surface area contributed by atoms with Crippen molar-refractivity contribution in [2.45, 2.75) is 38.5 Å². The molecule has 0 aliphatic rings. The molecule has 0 amide bonds. The van der Waals surface area contributed by atoms with Crippen LogP contribution in [0.4, 0.5) is 0 Å². The average Bonchev–Trinajstić information content (AvgIpc) is 2.62. The molecule has 2 N–H and O–H groups in total. The Balaban J connectivity index is 1.75. The van der Waals surface area contributed by atoms with E-state index in [-0.39, 0.29) is 12.1 Å². The molecule has 23 heavy (non-hydrogen) atoms. The maximum Gasteiger partial charge on any atom is 0.0898 e. The standard InChI is InChI=1S/C20H27NO2/c1-3-20(18-12-8-5-9-13-18)23-15-19(22)14-21-16(2)17-10-6-4-7-11-17/h4-13,16,19-22H,3,14-15H2,1-2H3/t16-,19+,20+/m1/s1. The van der Waals surface area contributed by atoms with Gasteiger partial charge < -0.3 is 15.2 Å². The number of aliphatic hydroxyl groups is 1. The Morgan fingerprint density at radius 1 is 0.957 bits per heavy atom. The summed E-state index contributed by atoms with van der Waals surface area (Å²) in [5.74, 6) is 0. The average molecular weight is 313 g/mol. The highest BCUT2D eigenvalue weighted by Crippen LogP contribution is 2.20. The summed E-state index contributed by atoms with van der Waals surface area (Å²) in [6.45, 7) is 5.05. The van der Waals surface area contributed by atoms with Gasteiger partial charge in [-0.2, -0.15) is 0 Å². The van der Waals surface area contributed by atoms with Crippen LogP contribution < -0.4 is 5.32 Å². The molecule has 0 bridgehead atoms. The Labute approximate surface area is 139 Å². The normalized spacial score (nSPS) is 15.1. The van der Waals surface area contributed by atoms with Crippen molar-refractivity contribution < 1.29 is 9.84 Å². The minimum atomic E-state index is -0.515. The molecule has 0 aromatic heterocycles. The lowest BCUT2D eigenvalue weighted by molar-refractivity contribution is -0.0120. The van der Waals surface area contributed by atoms with Gasteiger partial charge in [-0.1, -0.05) is 67.6 Å². The second-order valence-electron chi connectivity index (χ2n) is 5.84. The molecule has 3 heteroatoms. The van der Waals surface area contributed by atoms with Crippen LogP contribution in [0.5, 0.6) is 0 Å². The van der Waals surface area contributed by atoms with Crippen LogP contribution >= 0.6 is 0 Å². The van der Waals surface area contributed by atoms with Crippen molar-refractivity contribution in [1.82, 2.24) is 5.32 Å². The van der Waals surface area contributed by atoms with Gasteiger partial charge in [0, 0.05) is 12.6 Å². The summed E-state index contributed by atoms with van der Waals surface area (Å²) < 4.78 is 5.89. The highest BCUT2D eigenvalue weighted by atomic mass is 16.5. The molecule has 0 saturated heterocycles. The van der Waals surface area contributed by atoms with E-state index >= 15 is 0 Å². The summed E-state index contributed by atoms with van der Waals surface area (Å²) in [6.07, 6.45) is 0.418. The number of benzene rings is 2. The number of rotatable bonds is 9. The second-order valence-corrected chi connectivity index (χ2v) is 5.84. The van der Waals surface area contributed by atoms with Crippen LogP contribution in [-0.2, 0) is 4.74 Å². The van der Waals surface area contributed by atoms with Crippen LogP contribution in [0.1, 0.15) is 43.5 Å². The molecule has 124 valence electrons. The molecular weight excluding hydrogens is 286 g/mol. The van der Waals surface area contributed by atoms with E-state index in [9.17, 15) is 5.11 Å². The van der Waals surface area contributed by atoms with Gasteiger partial charge in [0.05, 0.1) is 18.8 Å². The lowest BCUT2D eigenvalue weighted by Gasteiger charge is -2.21. The summed E-state index contributed by atoms with van der Waals surface area (Å²) in [5.41, 5.74) is 2.38. The molecule has 0 radical (unpaired) electrons. The van der Waals surface area contributed by atoms with Crippen molar-refractivity contribution >= 4 is 0 Å². The van der Waals surface area contributed by atoms with Gasteiger partial charge in [0.25, 0.3) is 0 Å². The van der Waals surface area contributed by atoms with Gasteiger partial charge in [-0.05, 0) is 24.5 Å². The van der Waals surface area contributed by atoms with Crippen molar-refractivity contribution in [3.8, 4) is 0 Å². The van der Waals surface area contributed by atoms with Gasteiger partial charge in [-0.3, -0.25) is 0 Å². The Kier molecular flexibility index (Phi) is 7.27. The Hall–Kier alpha value is -1.68. The molecule has 3 atom stereocenters. The minimum Gasteiger partial charge on any atom is -0.389 e. The van der Waals surface area contributed by atoms with E-state index in [4.69, 9.17) is 4.74 Å². The summed E-state index contributed by atoms with van der Waals surface area (Å²) >= 11 is 0. The highest BCUT2D eigenvalue weighted by molar-refractivity contribution is 5.18. The van der Waals surface area contributed by atoms with Crippen LogP contribution in [0.25, 0.3) is 0 Å². The summed E-state index contributed by atoms with van der Waals surface area (Å²) in [6, 6.07) is 20.6. The maximum atomic E-state index is 10.1. The number of aliphatic hydroxyl groups excluding tert-OH is 1. The topological polar surface area (TPSA) is 41.5 Å². The molecular formula is C20H27NO2. The smallest absolute Gasteiger partial charge is 0.0898 e. The minimum absolute atomic E-state index is 0.0393. The number of hydrogen-bond acceptors (Lipinski definition) is 3. The Morgan fingerprint density at radius 2 is 1.52 bits per heavy atom. The third kappa shape index (κ3) is 5.79. The Bertz CT molecular complexity index is 544. The van der Waals surface area contributed by atoms with E-state index in [1.54, 1.807) is 0 Å². The summed E-state index contributed by atoms with van der Waals surface area (Å²) in [5, 5.41) is 13.5. The van der Waals surface area contributed by atoms with Crippen molar-refractivity contribution in [3.05, 3.63) is 71.8 Å². The first-order valence-corrected chi connectivity index (χ1v) is 8.33. The van der Waals surface area contributed by atoms with Crippen molar-refractivity contribution in [2.75, 3.05) is 13.2 Å². The first-order valence-electron chi connectivity index (χ1n) is 8.33. The zero-order chi connectivity index (χ0) is 16.5. The third-order valence-corrected chi connectivity index (χ3v) is 3.99. The third-order valence-electron chi connectivity index (χ3n) is 3.99. The van der Waals surface area contributed by atoms with Gasteiger partial charge in [0.15, 0.2) is 0 Å². The van der Waals surface area contributed by atoms with Crippen LogP contribution in [0.3, 0.4) is 0 Å². The van der Waals surface area contributed by atoms with Gasteiger partial charge in [0.1, 0.15) is 0 Å². The number of hydrogen-bond donors (Lipinski definition) is 2. The molecule has 3 nitrogen and oxygen atoms in total. The van der Waals surface area contributed by atoms with Gasteiger partial charge in [0.2, 0.25) is 0 Å². The van der Waals surface area contributed by atoms with E-state index in [1.165, 1.54) is 5.56 Å². The molecule has 0 saturated carbocycles. The maximum absolute atomic E-state index is 10.1. The second kappa shape index (κ2) is 9.46. The molecule has 0 spiro atoms. The van der Waals surface area contributed by atoms with Crippen LogP contribution in [0.2, 0.25) is 0 Å². The van der Waals surface area contributed by atoms with E-state index in [2.05, 4.69) is 43.4 Å². The van der Waals surface area contributed by atoms with Gasteiger partial charge >= 0.3 is 0 Å². The van der Waals surface area contributed by atoms with Crippen LogP contribution in [0, 0.1) is 0 Å². The Morgan fingerprint density at radius 3 is 2.09 bits per heavy atom. The lowest BCUT2D eigenvalue weighted by Crippen LogP contribution is -2.32. The van der Waals surface area contributed by atoms with E-state index < -0.39 is 6.10 Å². The molecule has 2 aromatic rings. The lowest BCUT2D eigenvalue weighted by atomic mass is 10.1. The van der Waals surface area contributed by atoms with Crippen LogP contribution in [-0.4, -0.2) is 24.4 Å². The quantitative estimate of drug-likeness (QED) is 0.738. The predicted molar refractivity (Wildman–Crippen MR) is 94.3 cm³/mol. The van der Waals surface area contributed by atoms with E-state index in [1.807, 2.05) is 36.4 Å². The van der Waals surface area contributed by atoms with Gasteiger partial charge in [-0.15, -0.1) is 0 Å². The fourth-order valence-electron chi connectivity index (χ4n) is 2.58. The monoisotopic (exact) mass is 313 g/mol. The molecule has 0 heterocycles. The largest absolute Gasteiger partial charge is 0.389 e. The van der Waals surface area contributed by atoms with Crippen molar-refractivity contribution in [1.29, 1.82) is 0 Å². The molecule has 0 fully saturated rings. The fourth-order valence-corrected chi connectivity index (χ4v) is 2.58. The first-order chi connectivity index (χ1) is 11.2. The predicted octanol–water partition coefficient (Wildman–Crippen LogP) is 3.87.